The van der Waals surface area contributed by atoms with Crippen LogP contribution in [0.15, 0.2) is 30.6 Å². The maximum atomic E-state index is 12.3. The van der Waals surface area contributed by atoms with Crippen LogP contribution in [0.3, 0.4) is 0 Å². The van der Waals surface area contributed by atoms with Crippen molar-refractivity contribution < 1.29 is 4.79 Å². The summed E-state index contributed by atoms with van der Waals surface area (Å²) in [7, 11) is 0. The van der Waals surface area contributed by atoms with Crippen LogP contribution in [0, 0.1) is 11.3 Å². The Morgan fingerprint density at radius 1 is 1.47 bits per heavy atom. The zero-order valence-electron chi connectivity index (χ0n) is 11.1. The van der Waals surface area contributed by atoms with E-state index in [2.05, 4.69) is 16.5 Å². The Hall–Kier alpha value is -2.35. The van der Waals surface area contributed by atoms with Crippen molar-refractivity contribution in [2.75, 3.05) is 0 Å². The smallest absolute Gasteiger partial charge is 0.256 e. The van der Waals surface area contributed by atoms with Gasteiger partial charge >= 0.3 is 0 Å². The van der Waals surface area contributed by atoms with E-state index in [1.54, 1.807) is 10.7 Å². The number of hydrogen-bond acceptors (Lipinski definition) is 3. The number of nitrogens with one attached hydrogen (secondary N) is 1. The molecular formula is C14H16N4O. The summed E-state index contributed by atoms with van der Waals surface area (Å²) in [6.45, 7) is 3.78. The normalized spacial score (nSPS) is 11.2. The molecule has 5 nitrogen and oxygen atoms in total. The van der Waals surface area contributed by atoms with Gasteiger partial charge < -0.3 is 5.32 Å². The highest BCUT2D eigenvalue weighted by atomic mass is 16.1. The van der Waals surface area contributed by atoms with Gasteiger partial charge in [0.1, 0.15) is 5.54 Å². The van der Waals surface area contributed by atoms with E-state index in [-0.39, 0.29) is 5.91 Å². The van der Waals surface area contributed by atoms with Gasteiger partial charge in [-0.25, -0.2) is 4.52 Å². The van der Waals surface area contributed by atoms with Crippen LogP contribution in [0.25, 0.3) is 5.52 Å². The molecule has 0 aliphatic carbocycles. The maximum Gasteiger partial charge on any atom is 0.256 e. The van der Waals surface area contributed by atoms with Gasteiger partial charge in [-0.3, -0.25) is 4.79 Å². The number of carbonyl (C=O) groups is 1. The van der Waals surface area contributed by atoms with Crippen molar-refractivity contribution in [3.8, 4) is 6.07 Å². The van der Waals surface area contributed by atoms with Crippen LogP contribution in [0.2, 0.25) is 0 Å². The Morgan fingerprint density at radius 3 is 2.84 bits per heavy atom. The summed E-state index contributed by atoms with van der Waals surface area (Å²) in [6, 6.07) is 7.72. The molecule has 0 radical (unpaired) electrons. The van der Waals surface area contributed by atoms with Gasteiger partial charge in [-0.05, 0) is 25.0 Å². The Labute approximate surface area is 111 Å². The molecular weight excluding hydrogens is 240 g/mol. The molecule has 0 aliphatic heterocycles. The summed E-state index contributed by atoms with van der Waals surface area (Å²) in [5.74, 6) is -0.258. The number of nitriles is 1. The van der Waals surface area contributed by atoms with E-state index in [0.717, 1.165) is 5.52 Å². The zero-order chi connectivity index (χ0) is 13.9. The second-order valence-electron chi connectivity index (χ2n) is 4.44. The third kappa shape index (κ3) is 2.29. The van der Waals surface area contributed by atoms with Crippen molar-refractivity contribution in [3.05, 3.63) is 36.2 Å². The minimum absolute atomic E-state index is 0.258. The number of carbonyl (C=O) groups excluding carboxylic acids is 1. The second-order valence-corrected chi connectivity index (χ2v) is 4.44. The van der Waals surface area contributed by atoms with Crippen LogP contribution in [-0.4, -0.2) is 21.1 Å². The van der Waals surface area contributed by atoms with Crippen molar-refractivity contribution in [2.45, 2.75) is 32.2 Å². The Balaban J connectivity index is 2.33. The lowest BCUT2D eigenvalue weighted by Gasteiger charge is -2.24. The summed E-state index contributed by atoms with van der Waals surface area (Å²) in [4.78, 5) is 12.3. The Bertz CT molecular complexity index is 634. The number of fused-ring (bicyclic) bond motifs is 1. The number of rotatable bonds is 4. The molecule has 2 aromatic rings. The molecule has 0 aliphatic rings. The third-order valence-corrected chi connectivity index (χ3v) is 3.45. The lowest BCUT2D eigenvalue weighted by Crippen LogP contribution is -2.46. The maximum absolute atomic E-state index is 12.3. The summed E-state index contributed by atoms with van der Waals surface area (Å²) in [6.07, 6.45) is 4.46. The highest BCUT2D eigenvalue weighted by Gasteiger charge is 2.29. The number of hydrogen-bond donors (Lipinski definition) is 1. The SMILES string of the molecule is CCC(C#N)(CC)NC(=O)c1cnn2ccccc12. The first-order valence-electron chi connectivity index (χ1n) is 6.32. The van der Waals surface area contributed by atoms with Gasteiger partial charge in [0.2, 0.25) is 0 Å². The Morgan fingerprint density at radius 2 is 2.21 bits per heavy atom. The van der Waals surface area contributed by atoms with Crippen molar-refractivity contribution in [1.82, 2.24) is 14.9 Å². The molecule has 0 saturated carbocycles. The standard InChI is InChI=1S/C14H16N4O/c1-3-14(4-2,10-15)17-13(19)11-9-16-18-8-6-5-7-12(11)18/h5-9H,3-4H2,1-2H3,(H,17,19). The molecule has 0 fully saturated rings. The molecule has 1 amide bonds. The predicted octanol–water partition coefficient (Wildman–Crippen LogP) is 2.15. The number of amides is 1. The summed E-state index contributed by atoms with van der Waals surface area (Å²) < 4.78 is 1.64. The zero-order valence-corrected chi connectivity index (χ0v) is 11.1. The van der Waals surface area contributed by atoms with Gasteiger partial charge in [0, 0.05) is 6.20 Å². The van der Waals surface area contributed by atoms with Crippen LogP contribution in [-0.2, 0) is 0 Å². The van der Waals surface area contributed by atoms with Gasteiger partial charge in [0.15, 0.2) is 0 Å². The van der Waals surface area contributed by atoms with Gasteiger partial charge in [-0.2, -0.15) is 10.4 Å². The highest BCUT2D eigenvalue weighted by Crippen LogP contribution is 2.16. The van der Waals surface area contributed by atoms with Crippen LogP contribution in [0.5, 0.6) is 0 Å². The molecule has 0 bridgehead atoms. The topological polar surface area (TPSA) is 70.2 Å². The average Bonchev–Trinajstić information content (AvgIpc) is 2.89. The minimum atomic E-state index is -0.805. The quantitative estimate of drug-likeness (QED) is 0.911. The fourth-order valence-corrected chi connectivity index (χ4v) is 2.01. The fraction of sp³-hybridized carbons (Fsp3) is 0.357. The molecule has 1 N–H and O–H groups in total. The molecule has 0 spiro atoms. The second kappa shape index (κ2) is 5.11. The van der Waals surface area contributed by atoms with E-state index in [1.807, 2.05) is 32.0 Å². The lowest BCUT2D eigenvalue weighted by molar-refractivity contribution is 0.0917. The van der Waals surface area contributed by atoms with E-state index >= 15 is 0 Å². The van der Waals surface area contributed by atoms with E-state index in [0.29, 0.717) is 18.4 Å². The first-order valence-corrected chi connectivity index (χ1v) is 6.32. The minimum Gasteiger partial charge on any atom is -0.334 e. The first kappa shape index (κ1) is 13.1. The molecule has 19 heavy (non-hydrogen) atoms. The van der Waals surface area contributed by atoms with E-state index in [9.17, 15) is 10.1 Å². The Kier molecular flexibility index (Phi) is 3.52. The van der Waals surface area contributed by atoms with Crippen LogP contribution >= 0.6 is 0 Å². The predicted molar refractivity (Wildman–Crippen MR) is 71.6 cm³/mol. The van der Waals surface area contributed by atoms with Gasteiger partial charge in [-0.1, -0.05) is 19.9 Å². The van der Waals surface area contributed by atoms with Crippen molar-refractivity contribution in [2.24, 2.45) is 0 Å². The molecule has 2 rings (SSSR count). The highest BCUT2D eigenvalue weighted by molar-refractivity contribution is 6.01. The first-order chi connectivity index (χ1) is 9.15. The largest absolute Gasteiger partial charge is 0.334 e. The molecule has 2 aromatic heterocycles. The fourth-order valence-electron chi connectivity index (χ4n) is 2.01. The van der Waals surface area contributed by atoms with E-state index < -0.39 is 5.54 Å². The summed E-state index contributed by atoms with van der Waals surface area (Å²) in [5.41, 5.74) is 0.418. The number of aromatic nitrogens is 2. The molecule has 0 unspecified atom stereocenters. The van der Waals surface area contributed by atoms with Crippen molar-refractivity contribution in [1.29, 1.82) is 5.26 Å². The van der Waals surface area contributed by atoms with Crippen molar-refractivity contribution >= 4 is 11.4 Å². The van der Waals surface area contributed by atoms with Gasteiger partial charge in [0.25, 0.3) is 5.91 Å². The number of pyridine rings is 1. The molecule has 5 heteroatoms. The van der Waals surface area contributed by atoms with Gasteiger partial charge in [-0.15, -0.1) is 0 Å². The van der Waals surface area contributed by atoms with Crippen LogP contribution in [0.4, 0.5) is 0 Å². The monoisotopic (exact) mass is 256 g/mol. The van der Waals surface area contributed by atoms with Crippen LogP contribution in [0.1, 0.15) is 37.0 Å². The lowest BCUT2D eigenvalue weighted by atomic mass is 9.94. The number of nitrogens with zero attached hydrogens (tertiary/aromatic N) is 3. The van der Waals surface area contributed by atoms with E-state index in [4.69, 9.17) is 0 Å². The third-order valence-electron chi connectivity index (χ3n) is 3.45. The molecule has 0 aromatic carbocycles. The van der Waals surface area contributed by atoms with E-state index in [1.165, 1.54) is 6.20 Å². The molecule has 0 saturated heterocycles. The molecule has 98 valence electrons. The average molecular weight is 256 g/mol. The van der Waals surface area contributed by atoms with Crippen LogP contribution < -0.4 is 5.32 Å². The molecule has 2 heterocycles. The summed E-state index contributed by atoms with van der Waals surface area (Å²) >= 11 is 0. The van der Waals surface area contributed by atoms with Gasteiger partial charge in [0.05, 0.1) is 23.3 Å². The van der Waals surface area contributed by atoms with Crippen molar-refractivity contribution in [3.63, 3.8) is 0 Å². The summed E-state index contributed by atoms with van der Waals surface area (Å²) in [5, 5.41) is 16.2. The molecule has 0 atom stereocenters.